The molecule has 5 heteroatoms. The van der Waals surface area contributed by atoms with Gasteiger partial charge >= 0.3 is 0 Å². The third kappa shape index (κ3) is 2.99. The number of aromatic nitrogens is 3. The molecule has 0 aliphatic carbocycles. The lowest BCUT2D eigenvalue weighted by Crippen LogP contribution is -2.24. The number of likely N-dealkylation sites (tertiary alicyclic amines) is 1. The van der Waals surface area contributed by atoms with E-state index in [1.807, 2.05) is 4.68 Å². The van der Waals surface area contributed by atoms with Gasteiger partial charge in [0.1, 0.15) is 12.7 Å². The molecule has 2 heterocycles. The van der Waals surface area contributed by atoms with Gasteiger partial charge in [-0.25, -0.2) is 9.67 Å². The highest BCUT2D eigenvalue weighted by Crippen LogP contribution is 2.20. The molecule has 2 atom stereocenters. The Hall–Kier alpha value is -1.88. The zero-order valence-corrected chi connectivity index (χ0v) is 12.0. The standard InChI is InChI=1S/C15H21N5/c1-12-6-15(9-19(12)2)18-14-5-3-4-13(7-14)8-20-11-16-10-17-20/h3-5,7,10-12,15,18H,6,8-9H2,1-2H3. The van der Waals surface area contributed by atoms with Gasteiger partial charge in [0.15, 0.2) is 0 Å². The van der Waals surface area contributed by atoms with Crippen LogP contribution in [0.15, 0.2) is 36.9 Å². The fourth-order valence-corrected chi connectivity index (χ4v) is 2.79. The minimum atomic E-state index is 0.539. The summed E-state index contributed by atoms with van der Waals surface area (Å²) in [6.07, 6.45) is 4.51. The summed E-state index contributed by atoms with van der Waals surface area (Å²) in [5.74, 6) is 0. The van der Waals surface area contributed by atoms with Crippen LogP contribution in [0.25, 0.3) is 0 Å². The smallest absolute Gasteiger partial charge is 0.137 e. The maximum Gasteiger partial charge on any atom is 0.137 e. The van der Waals surface area contributed by atoms with Crippen LogP contribution in [0, 0.1) is 0 Å². The van der Waals surface area contributed by atoms with Crippen LogP contribution >= 0.6 is 0 Å². The van der Waals surface area contributed by atoms with E-state index >= 15 is 0 Å². The summed E-state index contributed by atoms with van der Waals surface area (Å²) in [7, 11) is 2.19. The molecule has 1 fully saturated rings. The maximum absolute atomic E-state index is 4.14. The molecule has 20 heavy (non-hydrogen) atoms. The Morgan fingerprint density at radius 3 is 3.00 bits per heavy atom. The lowest BCUT2D eigenvalue weighted by Gasteiger charge is -2.15. The normalized spacial score (nSPS) is 23.1. The van der Waals surface area contributed by atoms with Crippen LogP contribution < -0.4 is 5.32 Å². The van der Waals surface area contributed by atoms with E-state index in [1.165, 1.54) is 17.7 Å². The molecule has 1 saturated heterocycles. The van der Waals surface area contributed by atoms with Crippen LogP contribution in [0.2, 0.25) is 0 Å². The fraction of sp³-hybridized carbons (Fsp3) is 0.467. The Morgan fingerprint density at radius 1 is 1.40 bits per heavy atom. The molecule has 106 valence electrons. The van der Waals surface area contributed by atoms with Crippen molar-refractivity contribution in [2.45, 2.75) is 32.0 Å². The second kappa shape index (κ2) is 5.63. The lowest BCUT2D eigenvalue weighted by molar-refractivity contribution is 0.330. The molecule has 3 rings (SSSR count). The molecule has 1 aromatic carbocycles. The molecule has 0 amide bonds. The summed E-state index contributed by atoms with van der Waals surface area (Å²) in [4.78, 5) is 6.37. The van der Waals surface area contributed by atoms with E-state index < -0.39 is 0 Å². The van der Waals surface area contributed by atoms with Crippen molar-refractivity contribution in [2.24, 2.45) is 0 Å². The van der Waals surface area contributed by atoms with Gasteiger partial charge in [-0.2, -0.15) is 5.10 Å². The molecule has 1 N–H and O–H groups in total. The number of hydrogen-bond donors (Lipinski definition) is 1. The number of nitrogens with one attached hydrogen (secondary N) is 1. The van der Waals surface area contributed by atoms with Gasteiger partial charge in [-0.1, -0.05) is 12.1 Å². The maximum atomic E-state index is 4.14. The number of anilines is 1. The number of hydrogen-bond acceptors (Lipinski definition) is 4. The van der Waals surface area contributed by atoms with Crippen LogP contribution in [0.5, 0.6) is 0 Å². The monoisotopic (exact) mass is 271 g/mol. The first kappa shape index (κ1) is 13.1. The minimum Gasteiger partial charge on any atom is -0.381 e. The summed E-state index contributed by atoms with van der Waals surface area (Å²) >= 11 is 0. The van der Waals surface area contributed by atoms with Crippen LogP contribution in [-0.4, -0.2) is 45.3 Å². The molecular weight excluding hydrogens is 250 g/mol. The molecule has 2 unspecified atom stereocenters. The molecule has 1 aliphatic heterocycles. The van der Waals surface area contributed by atoms with Crippen LogP contribution in [0.1, 0.15) is 18.9 Å². The number of likely N-dealkylation sites (N-methyl/N-ethyl adjacent to an activating group) is 1. The fourth-order valence-electron chi connectivity index (χ4n) is 2.79. The van der Waals surface area contributed by atoms with Crippen molar-refractivity contribution in [3.63, 3.8) is 0 Å². The molecule has 5 nitrogen and oxygen atoms in total. The Morgan fingerprint density at radius 2 is 2.30 bits per heavy atom. The highest BCUT2D eigenvalue weighted by Gasteiger charge is 2.25. The van der Waals surface area contributed by atoms with Crippen molar-refractivity contribution in [1.29, 1.82) is 0 Å². The van der Waals surface area contributed by atoms with Gasteiger partial charge in [0, 0.05) is 24.3 Å². The van der Waals surface area contributed by atoms with Crippen LogP contribution in [0.3, 0.4) is 0 Å². The average Bonchev–Trinajstić information content (AvgIpc) is 3.01. The molecule has 0 radical (unpaired) electrons. The van der Waals surface area contributed by atoms with E-state index in [-0.39, 0.29) is 0 Å². The molecular formula is C15H21N5. The van der Waals surface area contributed by atoms with Gasteiger partial charge in [0.25, 0.3) is 0 Å². The van der Waals surface area contributed by atoms with E-state index in [2.05, 4.69) is 58.5 Å². The largest absolute Gasteiger partial charge is 0.381 e. The summed E-state index contributed by atoms with van der Waals surface area (Å²) in [6, 6.07) is 9.74. The summed E-state index contributed by atoms with van der Waals surface area (Å²) < 4.78 is 1.84. The van der Waals surface area contributed by atoms with Crippen LogP contribution in [-0.2, 0) is 6.54 Å². The quantitative estimate of drug-likeness (QED) is 0.921. The van der Waals surface area contributed by atoms with Crippen molar-refractivity contribution < 1.29 is 0 Å². The Labute approximate surface area is 119 Å². The van der Waals surface area contributed by atoms with Crippen molar-refractivity contribution in [2.75, 3.05) is 18.9 Å². The van der Waals surface area contributed by atoms with Gasteiger partial charge < -0.3 is 10.2 Å². The minimum absolute atomic E-state index is 0.539. The van der Waals surface area contributed by atoms with E-state index in [0.717, 1.165) is 13.1 Å². The summed E-state index contributed by atoms with van der Waals surface area (Å²) in [5, 5.41) is 7.78. The topological polar surface area (TPSA) is 46.0 Å². The van der Waals surface area contributed by atoms with Crippen molar-refractivity contribution in [3.05, 3.63) is 42.5 Å². The molecule has 0 spiro atoms. The average molecular weight is 271 g/mol. The first-order valence-electron chi connectivity index (χ1n) is 7.09. The predicted molar refractivity (Wildman–Crippen MR) is 79.7 cm³/mol. The van der Waals surface area contributed by atoms with Gasteiger partial charge in [-0.05, 0) is 38.1 Å². The van der Waals surface area contributed by atoms with E-state index in [4.69, 9.17) is 0 Å². The van der Waals surface area contributed by atoms with Crippen molar-refractivity contribution in [3.8, 4) is 0 Å². The van der Waals surface area contributed by atoms with Crippen LogP contribution in [0.4, 0.5) is 5.69 Å². The first-order chi connectivity index (χ1) is 9.70. The van der Waals surface area contributed by atoms with Gasteiger partial charge in [0.2, 0.25) is 0 Å². The molecule has 1 aliphatic rings. The number of benzene rings is 1. The number of rotatable bonds is 4. The third-order valence-electron chi connectivity index (χ3n) is 4.00. The molecule has 0 bridgehead atoms. The Bertz CT molecular complexity index is 541. The second-order valence-electron chi connectivity index (χ2n) is 5.66. The zero-order chi connectivity index (χ0) is 13.9. The van der Waals surface area contributed by atoms with E-state index in [0.29, 0.717) is 12.1 Å². The van der Waals surface area contributed by atoms with Gasteiger partial charge in [-0.3, -0.25) is 0 Å². The Kier molecular flexibility index (Phi) is 3.69. The lowest BCUT2D eigenvalue weighted by atomic mass is 10.1. The highest BCUT2D eigenvalue weighted by molar-refractivity contribution is 5.47. The third-order valence-corrected chi connectivity index (χ3v) is 4.00. The number of nitrogens with zero attached hydrogens (tertiary/aromatic N) is 4. The summed E-state index contributed by atoms with van der Waals surface area (Å²) in [6.45, 7) is 4.15. The van der Waals surface area contributed by atoms with Crippen molar-refractivity contribution >= 4 is 5.69 Å². The Balaban J connectivity index is 1.65. The van der Waals surface area contributed by atoms with Gasteiger partial charge in [-0.15, -0.1) is 0 Å². The predicted octanol–water partition coefficient (Wildman–Crippen LogP) is 1.83. The SMILES string of the molecule is CC1CC(Nc2cccc(Cn3cncn3)c2)CN1C. The summed E-state index contributed by atoms with van der Waals surface area (Å²) in [5.41, 5.74) is 2.43. The van der Waals surface area contributed by atoms with E-state index in [1.54, 1.807) is 12.7 Å². The van der Waals surface area contributed by atoms with E-state index in [9.17, 15) is 0 Å². The van der Waals surface area contributed by atoms with Gasteiger partial charge in [0.05, 0.1) is 6.54 Å². The first-order valence-corrected chi connectivity index (χ1v) is 7.09. The molecule has 2 aromatic rings. The second-order valence-corrected chi connectivity index (χ2v) is 5.66. The van der Waals surface area contributed by atoms with Crippen molar-refractivity contribution in [1.82, 2.24) is 19.7 Å². The molecule has 1 aromatic heterocycles. The molecule has 0 saturated carbocycles. The highest BCUT2D eigenvalue weighted by atomic mass is 15.3. The zero-order valence-electron chi connectivity index (χ0n) is 12.0.